The molecule has 2 aromatic carbocycles. The van der Waals surface area contributed by atoms with E-state index in [1.807, 2.05) is 24.3 Å². The van der Waals surface area contributed by atoms with Gasteiger partial charge in [0.05, 0.1) is 11.9 Å². The molecule has 0 unspecified atom stereocenters. The molecule has 0 atom stereocenters. The van der Waals surface area contributed by atoms with Crippen LogP contribution in [-0.2, 0) is 14.8 Å². The van der Waals surface area contributed by atoms with Crippen molar-refractivity contribution in [2.45, 2.75) is 32.1 Å². The molecular weight excluding hydrogens is 442 g/mol. The van der Waals surface area contributed by atoms with Gasteiger partial charge in [-0.1, -0.05) is 0 Å². The molecule has 0 bridgehead atoms. The van der Waals surface area contributed by atoms with Crippen LogP contribution in [0.2, 0.25) is 0 Å². The van der Waals surface area contributed by atoms with Gasteiger partial charge < -0.3 is 19.7 Å². The minimum atomic E-state index is -3.52. The summed E-state index contributed by atoms with van der Waals surface area (Å²) >= 11 is 0. The maximum Gasteiger partial charge on any atom is 0.232 e. The van der Waals surface area contributed by atoms with E-state index < -0.39 is 10.0 Å². The zero-order valence-electron chi connectivity index (χ0n) is 19.0. The first-order valence-electron chi connectivity index (χ1n) is 11.4. The minimum Gasteiger partial charge on any atom is -0.486 e. The largest absolute Gasteiger partial charge is 0.486 e. The number of ether oxygens (including phenoxy) is 2. The van der Waals surface area contributed by atoms with Gasteiger partial charge in [-0.25, -0.2) is 8.42 Å². The lowest BCUT2D eigenvalue weighted by atomic mass is 10.1. The Bertz CT molecular complexity index is 1070. The van der Waals surface area contributed by atoms with Gasteiger partial charge in [-0.15, -0.1) is 0 Å². The van der Waals surface area contributed by atoms with Crippen LogP contribution in [0, 0.1) is 0 Å². The molecular formula is C24H31N3O5S. The van der Waals surface area contributed by atoms with Gasteiger partial charge in [0.2, 0.25) is 15.9 Å². The van der Waals surface area contributed by atoms with Gasteiger partial charge in [-0.3, -0.25) is 9.10 Å². The Hall–Kier alpha value is -2.94. The van der Waals surface area contributed by atoms with Crippen LogP contribution >= 0.6 is 0 Å². The van der Waals surface area contributed by atoms with Crippen LogP contribution in [0.15, 0.2) is 42.5 Å². The lowest BCUT2D eigenvalue weighted by Gasteiger charge is -2.28. The molecule has 2 aliphatic heterocycles. The van der Waals surface area contributed by atoms with E-state index in [2.05, 4.69) is 10.2 Å². The summed E-state index contributed by atoms with van der Waals surface area (Å²) in [5, 5.41) is 2.90. The van der Waals surface area contributed by atoms with Gasteiger partial charge in [-0.2, -0.15) is 0 Å². The SMILES string of the molecule is CS(=O)(=O)N(CCCC(=O)Nc1ccc(N2CCCCC2)cc1)c1ccc2c(c1)OCCO2. The molecule has 1 amide bonds. The van der Waals surface area contributed by atoms with E-state index in [0.29, 0.717) is 36.8 Å². The molecule has 0 spiro atoms. The summed E-state index contributed by atoms with van der Waals surface area (Å²) in [5.74, 6) is 0.985. The number of piperidine rings is 1. The highest BCUT2D eigenvalue weighted by molar-refractivity contribution is 7.92. The molecule has 0 aromatic heterocycles. The molecule has 2 aliphatic rings. The van der Waals surface area contributed by atoms with Crippen molar-refractivity contribution in [1.29, 1.82) is 0 Å². The monoisotopic (exact) mass is 473 g/mol. The minimum absolute atomic E-state index is 0.142. The van der Waals surface area contributed by atoms with Crippen LogP contribution < -0.4 is 24.0 Å². The number of nitrogens with zero attached hydrogens (tertiary/aromatic N) is 2. The Kier molecular flexibility index (Phi) is 7.27. The number of benzene rings is 2. The fraction of sp³-hybridized carbons (Fsp3) is 0.458. The van der Waals surface area contributed by atoms with Crippen LogP contribution in [0.3, 0.4) is 0 Å². The highest BCUT2D eigenvalue weighted by Gasteiger charge is 2.21. The lowest BCUT2D eigenvalue weighted by molar-refractivity contribution is -0.116. The lowest BCUT2D eigenvalue weighted by Crippen LogP contribution is -2.31. The highest BCUT2D eigenvalue weighted by Crippen LogP contribution is 2.34. The highest BCUT2D eigenvalue weighted by atomic mass is 32.2. The fourth-order valence-corrected chi connectivity index (χ4v) is 5.15. The number of sulfonamides is 1. The molecule has 0 saturated carbocycles. The molecule has 33 heavy (non-hydrogen) atoms. The van der Waals surface area contributed by atoms with Gasteiger partial charge in [0, 0.05) is 43.5 Å². The number of rotatable bonds is 8. The van der Waals surface area contributed by atoms with Gasteiger partial charge >= 0.3 is 0 Å². The number of nitrogens with one attached hydrogen (secondary N) is 1. The maximum absolute atomic E-state index is 12.4. The molecule has 4 rings (SSSR count). The van der Waals surface area contributed by atoms with E-state index in [0.717, 1.165) is 25.0 Å². The smallest absolute Gasteiger partial charge is 0.232 e. The Morgan fingerprint density at radius 3 is 2.39 bits per heavy atom. The van der Waals surface area contributed by atoms with Gasteiger partial charge in [0.25, 0.3) is 0 Å². The molecule has 1 fully saturated rings. The van der Waals surface area contributed by atoms with Crippen LogP contribution in [-0.4, -0.2) is 53.4 Å². The van der Waals surface area contributed by atoms with Crippen molar-refractivity contribution in [2.75, 3.05) is 53.6 Å². The van der Waals surface area contributed by atoms with Gasteiger partial charge in [0.1, 0.15) is 13.2 Å². The third-order valence-corrected chi connectivity index (χ3v) is 7.05. The van der Waals surface area contributed by atoms with Crippen molar-refractivity contribution in [1.82, 2.24) is 0 Å². The Morgan fingerprint density at radius 2 is 1.70 bits per heavy atom. The summed E-state index contributed by atoms with van der Waals surface area (Å²) in [7, 11) is -3.52. The molecule has 178 valence electrons. The van der Waals surface area contributed by atoms with E-state index in [1.54, 1.807) is 18.2 Å². The van der Waals surface area contributed by atoms with Crippen molar-refractivity contribution in [2.24, 2.45) is 0 Å². The zero-order valence-corrected chi connectivity index (χ0v) is 19.8. The first kappa shape index (κ1) is 23.2. The number of carbonyl (C=O) groups excluding carboxylic acids is 1. The van der Waals surface area contributed by atoms with Crippen molar-refractivity contribution < 1.29 is 22.7 Å². The van der Waals surface area contributed by atoms with Gasteiger partial charge in [0.15, 0.2) is 11.5 Å². The number of anilines is 3. The average Bonchev–Trinajstić information content (AvgIpc) is 2.82. The molecule has 9 heteroatoms. The van der Waals surface area contributed by atoms with E-state index in [1.165, 1.54) is 29.3 Å². The fourth-order valence-electron chi connectivity index (χ4n) is 4.19. The summed E-state index contributed by atoms with van der Waals surface area (Å²) in [5.41, 5.74) is 2.42. The summed E-state index contributed by atoms with van der Waals surface area (Å²) in [6, 6.07) is 13.0. The predicted molar refractivity (Wildman–Crippen MR) is 130 cm³/mol. The summed E-state index contributed by atoms with van der Waals surface area (Å²) in [6.07, 6.45) is 5.48. The van der Waals surface area contributed by atoms with E-state index in [4.69, 9.17) is 9.47 Å². The van der Waals surface area contributed by atoms with E-state index in [-0.39, 0.29) is 18.9 Å². The summed E-state index contributed by atoms with van der Waals surface area (Å²) in [6.45, 7) is 3.24. The first-order valence-corrected chi connectivity index (χ1v) is 13.3. The standard InChI is InChI=1S/C24H31N3O5S/c1-33(29,30)27(21-11-12-22-23(18-21)32-17-16-31-22)15-5-6-24(28)25-19-7-9-20(10-8-19)26-13-3-2-4-14-26/h7-12,18H,2-6,13-17H2,1H3,(H,25,28). The van der Waals surface area contributed by atoms with Crippen LogP contribution in [0.25, 0.3) is 0 Å². The van der Waals surface area contributed by atoms with Crippen molar-refractivity contribution in [3.05, 3.63) is 42.5 Å². The molecule has 8 nitrogen and oxygen atoms in total. The Morgan fingerprint density at radius 1 is 1.00 bits per heavy atom. The van der Waals surface area contributed by atoms with Gasteiger partial charge in [-0.05, 0) is 62.1 Å². The molecule has 0 radical (unpaired) electrons. The second-order valence-corrected chi connectivity index (χ2v) is 10.3. The quantitative estimate of drug-likeness (QED) is 0.630. The third kappa shape index (κ3) is 6.10. The number of hydrogen-bond acceptors (Lipinski definition) is 6. The van der Waals surface area contributed by atoms with Crippen LogP contribution in [0.5, 0.6) is 11.5 Å². The van der Waals surface area contributed by atoms with Crippen LogP contribution in [0.4, 0.5) is 17.1 Å². The summed E-state index contributed by atoms with van der Waals surface area (Å²) in [4.78, 5) is 14.8. The van der Waals surface area contributed by atoms with Crippen molar-refractivity contribution >= 4 is 33.0 Å². The number of hydrogen-bond donors (Lipinski definition) is 1. The molecule has 2 aromatic rings. The average molecular weight is 474 g/mol. The first-order chi connectivity index (χ1) is 15.9. The normalized spacial score (nSPS) is 15.7. The molecule has 1 saturated heterocycles. The number of fused-ring (bicyclic) bond motifs is 1. The number of amides is 1. The van der Waals surface area contributed by atoms with Crippen molar-refractivity contribution in [3.8, 4) is 11.5 Å². The van der Waals surface area contributed by atoms with E-state index in [9.17, 15) is 13.2 Å². The molecule has 0 aliphatic carbocycles. The summed E-state index contributed by atoms with van der Waals surface area (Å²) < 4.78 is 37.1. The second-order valence-electron chi connectivity index (χ2n) is 8.41. The predicted octanol–water partition coefficient (Wildman–Crippen LogP) is 3.63. The van der Waals surface area contributed by atoms with Crippen LogP contribution in [0.1, 0.15) is 32.1 Å². The Balaban J connectivity index is 1.31. The topological polar surface area (TPSA) is 88.2 Å². The maximum atomic E-state index is 12.4. The Labute approximate surface area is 195 Å². The van der Waals surface area contributed by atoms with E-state index >= 15 is 0 Å². The second kappa shape index (κ2) is 10.3. The third-order valence-electron chi connectivity index (χ3n) is 5.85. The molecule has 2 heterocycles. The number of carbonyl (C=O) groups is 1. The van der Waals surface area contributed by atoms with Crippen molar-refractivity contribution in [3.63, 3.8) is 0 Å². The zero-order chi connectivity index (χ0) is 23.3. The molecule has 1 N–H and O–H groups in total.